The van der Waals surface area contributed by atoms with Crippen LogP contribution in [0.1, 0.15) is 0 Å². The predicted molar refractivity (Wildman–Crippen MR) is 68.9 cm³/mol. The van der Waals surface area contributed by atoms with E-state index in [2.05, 4.69) is 0 Å². The van der Waals surface area contributed by atoms with Crippen LogP contribution >= 0.6 is 0 Å². The van der Waals surface area contributed by atoms with Crippen molar-refractivity contribution in [2.24, 2.45) is 0 Å². The van der Waals surface area contributed by atoms with Gasteiger partial charge in [-0.2, -0.15) is 0 Å². The highest BCUT2D eigenvalue weighted by Gasteiger charge is 2.48. The Kier molecular flexibility index (Phi) is 5.65. The van der Waals surface area contributed by atoms with E-state index in [0.717, 1.165) is 0 Å². The highest BCUT2D eigenvalue weighted by atomic mass is 16.7. The third-order valence-electron chi connectivity index (χ3n) is 3.76. The van der Waals surface area contributed by atoms with Crippen LogP contribution in [0, 0.1) is 0 Å². The summed E-state index contributed by atoms with van der Waals surface area (Å²) < 4.78 is 15.1. The van der Waals surface area contributed by atoms with E-state index in [1.54, 1.807) is 0 Å². The fourth-order valence-corrected chi connectivity index (χ4v) is 2.39. The first-order valence-corrected chi connectivity index (χ1v) is 6.85. The number of ether oxygens (including phenoxy) is 3. The fraction of sp³-hybridized carbons (Fsp3) is 0.833. The van der Waals surface area contributed by atoms with E-state index < -0.39 is 73.9 Å². The minimum atomic E-state index is -1.80. The van der Waals surface area contributed by atoms with Crippen LogP contribution in [0.3, 0.4) is 0 Å². The van der Waals surface area contributed by atoms with Crippen LogP contribution in [-0.4, -0.2) is 103 Å². The maximum absolute atomic E-state index is 9.88. The molecule has 0 aromatic heterocycles. The molecule has 0 saturated carbocycles. The van der Waals surface area contributed by atoms with Crippen LogP contribution in [0.4, 0.5) is 0 Å². The molecule has 1 fully saturated rings. The Balaban J connectivity index is 2.16. The molecule has 2 rings (SSSR count). The lowest BCUT2D eigenvalue weighted by Crippen LogP contribution is -2.61. The molecule has 8 N–H and O–H groups in total. The molecule has 8 atom stereocenters. The van der Waals surface area contributed by atoms with Gasteiger partial charge in [0.1, 0.15) is 36.6 Å². The maximum Gasteiger partial charge on any atom is 0.319 e. The van der Waals surface area contributed by atoms with Crippen LogP contribution in [-0.2, 0) is 14.2 Å². The number of rotatable bonds is 4. The number of hydrogen-bond donors (Lipinski definition) is 8. The topological polar surface area (TPSA) is 190 Å². The van der Waals surface area contributed by atoms with Crippen molar-refractivity contribution in [3.05, 3.63) is 11.7 Å². The van der Waals surface area contributed by atoms with Crippen LogP contribution in [0.5, 0.6) is 0 Å². The fourth-order valence-electron chi connectivity index (χ4n) is 2.39. The van der Waals surface area contributed by atoms with Gasteiger partial charge in [0, 0.05) is 0 Å². The van der Waals surface area contributed by atoms with Gasteiger partial charge in [0.05, 0.1) is 13.2 Å². The molecule has 0 unspecified atom stereocenters. The Morgan fingerprint density at radius 3 is 2.04 bits per heavy atom. The lowest BCUT2D eigenvalue weighted by atomic mass is 9.98. The van der Waals surface area contributed by atoms with Crippen LogP contribution in [0.25, 0.3) is 0 Å². The van der Waals surface area contributed by atoms with Crippen molar-refractivity contribution in [3.63, 3.8) is 0 Å². The molecule has 1 saturated heterocycles. The zero-order valence-electron chi connectivity index (χ0n) is 11.8. The van der Waals surface area contributed by atoms with E-state index in [0.29, 0.717) is 0 Å². The first-order valence-electron chi connectivity index (χ1n) is 6.85. The average Bonchev–Trinajstić information content (AvgIpc) is 2.55. The molecule has 0 bridgehead atoms. The van der Waals surface area contributed by atoms with Crippen LogP contribution < -0.4 is 0 Å². The zero-order chi connectivity index (χ0) is 17.3. The quantitative estimate of drug-likeness (QED) is 0.250. The second-order valence-corrected chi connectivity index (χ2v) is 5.27. The summed E-state index contributed by atoms with van der Waals surface area (Å²) in [6.45, 7) is -1.39. The Labute approximate surface area is 130 Å². The van der Waals surface area contributed by atoms with E-state index in [1.165, 1.54) is 0 Å². The van der Waals surface area contributed by atoms with Crippen molar-refractivity contribution in [3.8, 4) is 0 Å². The molecule has 0 aromatic rings. The smallest absolute Gasteiger partial charge is 0.319 e. The van der Waals surface area contributed by atoms with E-state index in [-0.39, 0.29) is 0 Å². The molecule has 0 spiro atoms. The van der Waals surface area contributed by atoms with Gasteiger partial charge in [-0.05, 0) is 0 Å². The summed E-state index contributed by atoms with van der Waals surface area (Å²) in [6.07, 6.45) is -12.4. The van der Waals surface area contributed by atoms with Gasteiger partial charge in [0.25, 0.3) is 0 Å². The summed E-state index contributed by atoms with van der Waals surface area (Å²) in [6, 6.07) is 0. The summed E-state index contributed by atoms with van der Waals surface area (Å²) in [5, 5.41) is 76.1. The molecule has 11 nitrogen and oxygen atoms in total. The first-order chi connectivity index (χ1) is 10.8. The summed E-state index contributed by atoms with van der Waals surface area (Å²) in [4.78, 5) is 0. The van der Waals surface area contributed by atoms with Crippen molar-refractivity contribution < 1.29 is 55.1 Å². The molecule has 2 aliphatic rings. The van der Waals surface area contributed by atoms with E-state index in [4.69, 9.17) is 19.3 Å². The second-order valence-electron chi connectivity index (χ2n) is 5.27. The number of hydrogen-bond acceptors (Lipinski definition) is 11. The van der Waals surface area contributed by atoms with Crippen molar-refractivity contribution in [1.82, 2.24) is 0 Å². The third-order valence-corrected chi connectivity index (χ3v) is 3.76. The van der Waals surface area contributed by atoms with Gasteiger partial charge in [-0.3, -0.25) is 0 Å². The third kappa shape index (κ3) is 3.36. The van der Waals surface area contributed by atoms with Crippen LogP contribution in [0.15, 0.2) is 11.7 Å². The van der Waals surface area contributed by atoms with Crippen molar-refractivity contribution in [2.75, 3.05) is 13.2 Å². The van der Waals surface area contributed by atoms with Crippen molar-refractivity contribution in [1.29, 1.82) is 0 Å². The molecule has 0 amide bonds. The molecule has 23 heavy (non-hydrogen) atoms. The van der Waals surface area contributed by atoms with Crippen LogP contribution in [0.2, 0.25) is 0 Å². The normalized spacial score (nSPS) is 45.0. The zero-order valence-corrected chi connectivity index (χ0v) is 11.8. The van der Waals surface area contributed by atoms with E-state index in [1.807, 2.05) is 0 Å². The van der Waals surface area contributed by atoms with E-state index in [9.17, 15) is 35.7 Å². The van der Waals surface area contributed by atoms with Gasteiger partial charge >= 0.3 is 5.95 Å². The van der Waals surface area contributed by atoms with Crippen molar-refractivity contribution in [2.45, 2.75) is 49.0 Å². The van der Waals surface area contributed by atoms with Gasteiger partial charge in [-0.15, -0.1) is 0 Å². The Morgan fingerprint density at radius 2 is 1.48 bits per heavy atom. The molecule has 2 heterocycles. The monoisotopic (exact) mass is 340 g/mol. The van der Waals surface area contributed by atoms with Crippen molar-refractivity contribution >= 4 is 0 Å². The molecular formula is C12H20O11. The lowest BCUT2D eigenvalue weighted by molar-refractivity contribution is -0.328. The minimum absolute atomic E-state index is 0.677. The Hall–Kier alpha value is -1.18. The highest BCUT2D eigenvalue weighted by Crippen LogP contribution is 2.29. The van der Waals surface area contributed by atoms with E-state index >= 15 is 0 Å². The molecule has 0 aliphatic carbocycles. The molecule has 2 aliphatic heterocycles. The maximum atomic E-state index is 9.88. The summed E-state index contributed by atoms with van der Waals surface area (Å²) in [7, 11) is 0. The Bertz CT molecular complexity index is 439. The van der Waals surface area contributed by atoms with Gasteiger partial charge in [0.2, 0.25) is 5.76 Å². The molecular weight excluding hydrogens is 320 g/mol. The number of aliphatic hydroxyl groups excluding tert-OH is 8. The molecule has 134 valence electrons. The largest absolute Gasteiger partial charge is 0.504 e. The highest BCUT2D eigenvalue weighted by molar-refractivity contribution is 5.08. The molecule has 0 radical (unpaired) electrons. The standard InChI is InChI=1S/C12H20O11/c13-1-3-5(15)6(16)9(19)12(22-3)23-10-4(2-14)21-11(20)8(18)7(10)17/h3-7,9-10,12-20H,1-2H2/t3-,4-,5+,6+,7-,9-,10-,12+/m1/s1. The number of aliphatic hydroxyl groups is 8. The summed E-state index contributed by atoms with van der Waals surface area (Å²) >= 11 is 0. The summed E-state index contributed by atoms with van der Waals surface area (Å²) in [5.74, 6) is -1.92. The van der Waals surface area contributed by atoms with Gasteiger partial charge in [-0.25, -0.2) is 0 Å². The predicted octanol–water partition coefficient (Wildman–Crippen LogP) is -3.79. The first kappa shape index (κ1) is 18.2. The van der Waals surface area contributed by atoms with Gasteiger partial charge in [-0.1, -0.05) is 0 Å². The second kappa shape index (κ2) is 7.15. The Morgan fingerprint density at radius 1 is 0.870 bits per heavy atom. The molecule has 11 heteroatoms. The lowest BCUT2D eigenvalue weighted by Gasteiger charge is -2.42. The molecule has 0 aromatic carbocycles. The summed E-state index contributed by atoms with van der Waals surface area (Å²) in [5.41, 5.74) is 0. The van der Waals surface area contributed by atoms with Gasteiger partial charge < -0.3 is 55.1 Å². The minimum Gasteiger partial charge on any atom is -0.504 e. The average molecular weight is 340 g/mol. The SMILES string of the molecule is OC[C@H]1O[C@@H](O[C@H]2[C@H](O)C(O)=C(O)O[C@@H]2CO)[C@H](O)[C@@H](O)[C@H]1O. The van der Waals surface area contributed by atoms with Gasteiger partial charge in [0.15, 0.2) is 12.4 Å².